The van der Waals surface area contributed by atoms with E-state index in [0.717, 1.165) is 13.1 Å². The Balaban J connectivity index is 3.21. The fraction of sp³-hybridized carbons (Fsp3) is 0.444. The zero-order chi connectivity index (χ0) is 11.4. The average molecular weight is 229 g/mol. The zero-order valence-electron chi connectivity index (χ0n) is 8.70. The first kappa shape index (κ1) is 11.7. The van der Waals surface area contributed by atoms with Gasteiger partial charge in [-0.3, -0.25) is 4.79 Å². The highest BCUT2D eigenvalue weighted by atomic mass is 35.5. The van der Waals surface area contributed by atoms with Crippen molar-refractivity contribution in [3.05, 3.63) is 17.0 Å². The molecule has 1 heterocycles. The molecule has 0 spiro atoms. The van der Waals surface area contributed by atoms with E-state index in [1.807, 2.05) is 18.7 Å². The van der Waals surface area contributed by atoms with Crippen LogP contribution in [0, 0.1) is 0 Å². The van der Waals surface area contributed by atoms with Gasteiger partial charge < -0.3 is 10.6 Å². The van der Waals surface area contributed by atoms with Gasteiger partial charge in [0, 0.05) is 13.1 Å². The zero-order valence-corrected chi connectivity index (χ0v) is 9.45. The lowest BCUT2D eigenvalue weighted by atomic mass is 10.3. The van der Waals surface area contributed by atoms with E-state index < -0.39 is 5.91 Å². The largest absolute Gasteiger partial charge is 0.364 e. The molecule has 0 aliphatic heterocycles. The molecule has 0 atom stereocenters. The van der Waals surface area contributed by atoms with Crippen LogP contribution in [0.4, 0.5) is 5.82 Å². The van der Waals surface area contributed by atoms with Gasteiger partial charge in [0.05, 0.1) is 6.20 Å². The molecule has 5 nitrogen and oxygen atoms in total. The number of rotatable bonds is 4. The third kappa shape index (κ3) is 2.56. The van der Waals surface area contributed by atoms with Crippen molar-refractivity contribution in [3.8, 4) is 0 Å². The van der Waals surface area contributed by atoms with Crippen LogP contribution >= 0.6 is 11.6 Å². The van der Waals surface area contributed by atoms with Gasteiger partial charge in [-0.2, -0.15) is 0 Å². The standard InChI is InChI=1S/C9H13ClN4O/c1-3-14(4-2)9-7(8(11)15)13-6(10)5-12-9/h5H,3-4H2,1-2H3,(H2,11,15). The lowest BCUT2D eigenvalue weighted by Crippen LogP contribution is -2.27. The van der Waals surface area contributed by atoms with Crippen molar-refractivity contribution in [2.75, 3.05) is 18.0 Å². The molecule has 0 aliphatic carbocycles. The first-order chi connectivity index (χ1) is 7.10. The summed E-state index contributed by atoms with van der Waals surface area (Å²) < 4.78 is 0. The molecule has 0 aromatic carbocycles. The molecule has 2 N–H and O–H groups in total. The minimum Gasteiger partial charge on any atom is -0.364 e. The molecule has 82 valence electrons. The predicted octanol–water partition coefficient (Wildman–Crippen LogP) is 1.08. The lowest BCUT2D eigenvalue weighted by Gasteiger charge is -2.20. The van der Waals surface area contributed by atoms with Gasteiger partial charge in [0.25, 0.3) is 5.91 Å². The number of amides is 1. The molecule has 0 radical (unpaired) electrons. The molecule has 0 unspecified atom stereocenters. The summed E-state index contributed by atoms with van der Waals surface area (Å²) in [5.41, 5.74) is 5.32. The molecule has 0 bridgehead atoms. The van der Waals surface area contributed by atoms with Gasteiger partial charge in [0.15, 0.2) is 11.5 Å². The maximum atomic E-state index is 11.1. The number of aromatic nitrogens is 2. The highest BCUT2D eigenvalue weighted by molar-refractivity contribution is 6.29. The third-order valence-corrected chi connectivity index (χ3v) is 2.20. The summed E-state index contributed by atoms with van der Waals surface area (Å²) in [5, 5.41) is 0.166. The summed E-state index contributed by atoms with van der Waals surface area (Å²) in [6.45, 7) is 5.38. The van der Waals surface area contributed by atoms with Gasteiger partial charge in [0.2, 0.25) is 0 Å². The van der Waals surface area contributed by atoms with Crippen molar-refractivity contribution >= 4 is 23.3 Å². The average Bonchev–Trinajstić information content (AvgIpc) is 2.21. The number of carbonyl (C=O) groups excluding carboxylic acids is 1. The lowest BCUT2D eigenvalue weighted by molar-refractivity contribution is 0.0995. The normalized spacial score (nSPS) is 10.1. The first-order valence-electron chi connectivity index (χ1n) is 4.67. The predicted molar refractivity (Wildman–Crippen MR) is 59.1 cm³/mol. The van der Waals surface area contributed by atoms with E-state index in [1.165, 1.54) is 6.20 Å². The molecule has 1 amide bonds. The number of carbonyl (C=O) groups is 1. The Labute approximate surface area is 93.3 Å². The molecular weight excluding hydrogens is 216 g/mol. The van der Waals surface area contributed by atoms with Gasteiger partial charge in [0.1, 0.15) is 5.15 Å². The number of nitrogens with zero attached hydrogens (tertiary/aromatic N) is 3. The van der Waals surface area contributed by atoms with Gasteiger partial charge >= 0.3 is 0 Å². The Morgan fingerprint density at radius 3 is 2.60 bits per heavy atom. The second-order valence-corrected chi connectivity index (χ2v) is 3.29. The minimum absolute atomic E-state index is 0.117. The van der Waals surface area contributed by atoms with Crippen LogP contribution in [0.2, 0.25) is 5.15 Å². The van der Waals surface area contributed by atoms with Gasteiger partial charge in [-0.05, 0) is 13.8 Å². The Morgan fingerprint density at radius 1 is 1.53 bits per heavy atom. The molecule has 1 aromatic rings. The molecule has 15 heavy (non-hydrogen) atoms. The molecule has 0 saturated heterocycles. The summed E-state index contributed by atoms with van der Waals surface area (Å²) >= 11 is 5.65. The van der Waals surface area contributed by atoms with Crippen LogP contribution in [0.5, 0.6) is 0 Å². The van der Waals surface area contributed by atoms with Crippen molar-refractivity contribution in [1.29, 1.82) is 0 Å². The van der Waals surface area contributed by atoms with E-state index >= 15 is 0 Å². The number of primary amides is 1. The van der Waals surface area contributed by atoms with Crippen LogP contribution in [0.25, 0.3) is 0 Å². The highest BCUT2D eigenvalue weighted by Gasteiger charge is 2.16. The SMILES string of the molecule is CCN(CC)c1ncc(Cl)nc1C(N)=O. The van der Waals surface area contributed by atoms with E-state index in [2.05, 4.69) is 9.97 Å². The van der Waals surface area contributed by atoms with Crippen LogP contribution in [0.15, 0.2) is 6.20 Å². The summed E-state index contributed by atoms with van der Waals surface area (Å²) in [6, 6.07) is 0. The van der Waals surface area contributed by atoms with Crippen molar-refractivity contribution in [2.24, 2.45) is 5.73 Å². The maximum Gasteiger partial charge on any atom is 0.271 e. The van der Waals surface area contributed by atoms with E-state index in [-0.39, 0.29) is 10.8 Å². The van der Waals surface area contributed by atoms with Crippen molar-refractivity contribution in [1.82, 2.24) is 9.97 Å². The van der Waals surface area contributed by atoms with Gasteiger partial charge in [-0.25, -0.2) is 9.97 Å². The van der Waals surface area contributed by atoms with Crippen LogP contribution in [-0.2, 0) is 0 Å². The van der Waals surface area contributed by atoms with Crippen molar-refractivity contribution in [2.45, 2.75) is 13.8 Å². The Kier molecular flexibility index (Phi) is 3.85. The molecule has 1 rings (SSSR count). The Hall–Kier alpha value is -1.36. The number of nitrogens with two attached hydrogens (primary N) is 1. The van der Waals surface area contributed by atoms with E-state index in [9.17, 15) is 4.79 Å². The quantitative estimate of drug-likeness (QED) is 0.837. The minimum atomic E-state index is -0.619. The van der Waals surface area contributed by atoms with Crippen LogP contribution in [0.1, 0.15) is 24.3 Å². The topological polar surface area (TPSA) is 72.1 Å². The summed E-state index contributed by atoms with van der Waals surface area (Å²) in [7, 11) is 0. The first-order valence-corrected chi connectivity index (χ1v) is 5.05. The highest BCUT2D eigenvalue weighted by Crippen LogP contribution is 2.16. The second kappa shape index (κ2) is 4.93. The number of hydrogen-bond acceptors (Lipinski definition) is 4. The molecule has 1 aromatic heterocycles. The van der Waals surface area contributed by atoms with Crippen LogP contribution < -0.4 is 10.6 Å². The number of hydrogen-bond donors (Lipinski definition) is 1. The number of halogens is 1. The maximum absolute atomic E-state index is 11.1. The van der Waals surface area contributed by atoms with Crippen molar-refractivity contribution < 1.29 is 4.79 Å². The number of anilines is 1. The smallest absolute Gasteiger partial charge is 0.271 e. The fourth-order valence-corrected chi connectivity index (χ4v) is 1.41. The molecular formula is C9H13ClN4O. The monoisotopic (exact) mass is 228 g/mol. The summed E-state index contributed by atoms with van der Waals surface area (Å²) in [6.07, 6.45) is 1.40. The van der Waals surface area contributed by atoms with Gasteiger partial charge in [-0.1, -0.05) is 11.6 Å². The summed E-state index contributed by atoms with van der Waals surface area (Å²) in [4.78, 5) is 21.0. The molecule has 0 aliphatic rings. The van der Waals surface area contributed by atoms with E-state index in [0.29, 0.717) is 5.82 Å². The molecule has 0 saturated carbocycles. The Bertz CT molecular complexity index is 365. The van der Waals surface area contributed by atoms with Crippen LogP contribution in [-0.4, -0.2) is 29.0 Å². The van der Waals surface area contributed by atoms with Crippen LogP contribution in [0.3, 0.4) is 0 Å². The second-order valence-electron chi connectivity index (χ2n) is 2.90. The Morgan fingerprint density at radius 2 is 2.13 bits per heavy atom. The van der Waals surface area contributed by atoms with Crippen molar-refractivity contribution in [3.63, 3.8) is 0 Å². The van der Waals surface area contributed by atoms with E-state index in [4.69, 9.17) is 17.3 Å². The van der Waals surface area contributed by atoms with Gasteiger partial charge in [-0.15, -0.1) is 0 Å². The third-order valence-electron chi connectivity index (χ3n) is 2.02. The molecule has 0 fully saturated rings. The molecule has 6 heteroatoms. The van der Waals surface area contributed by atoms with E-state index in [1.54, 1.807) is 0 Å². The fourth-order valence-electron chi connectivity index (χ4n) is 1.28. The summed E-state index contributed by atoms with van der Waals surface area (Å²) in [5.74, 6) is -0.135.